The van der Waals surface area contributed by atoms with Crippen molar-refractivity contribution in [1.82, 2.24) is 0 Å². The first-order valence-electron chi connectivity index (χ1n) is 9.20. The molecule has 0 radical (unpaired) electrons. The third-order valence-corrected chi connectivity index (χ3v) is 6.90. The predicted molar refractivity (Wildman–Crippen MR) is 83.2 cm³/mol. The first-order valence-corrected chi connectivity index (χ1v) is 9.20. The largest absolute Gasteiger partial charge is 0.269 e. The van der Waals surface area contributed by atoms with E-state index in [0.29, 0.717) is 24.3 Å². The van der Waals surface area contributed by atoms with Crippen LogP contribution in [0.3, 0.4) is 0 Å². The zero-order valence-corrected chi connectivity index (χ0v) is 13.4. The Morgan fingerprint density at radius 2 is 1.19 bits per heavy atom. The Morgan fingerprint density at radius 1 is 0.762 bits per heavy atom. The lowest BCUT2D eigenvalue weighted by Gasteiger charge is -2.42. The molecule has 0 aromatic carbocycles. The smallest absolute Gasteiger partial charge is 0.173 e. The van der Waals surface area contributed by atoms with Crippen molar-refractivity contribution < 1.29 is 8.78 Å². The molecule has 0 saturated heterocycles. The van der Waals surface area contributed by atoms with Crippen molar-refractivity contribution in [2.45, 2.75) is 77.6 Å². The molecule has 0 amide bonds. The van der Waals surface area contributed by atoms with Crippen LogP contribution < -0.4 is 0 Å². The Labute approximate surface area is 128 Å². The molecule has 0 N–H and O–H groups in total. The Bertz CT molecular complexity index is 359. The molecule has 21 heavy (non-hydrogen) atoms. The molecular formula is C19H30F2. The van der Waals surface area contributed by atoms with Gasteiger partial charge in [-0.15, -0.1) is 0 Å². The average molecular weight is 296 g/mol. The highest BCUT2D eigenvalue weighted by atomic mass is 19.3. The summed E-state index contributed by atoms with van der Waals surface area (Å²) in [7, 11) is 0. The van der Waals surface area contributed by atoms with Crippen LogP contribution in [0.15, 0.2) is 11.7 Å². The van der Waals surface area contributed by atoms with Crippen LogP contribution in [0.25, 0.3) is 0 Å². The summed E-state index contributed by atoms with van der Waals surface area (Å²) >= 11 is 0. The van der Waals surface area contributed by atoms with Gasteiger partial charge in [0.05, 0.1) is 0 Å². The highest BCUT2D eigenvalue weighted by Gasteiger charge is 2.37. The maximum absolute atomic E-state index is 12.5. The van der Waals surface area contributed by atoms with E-state index in [9.17, 15) is 8.78 Å². The van der Waals surface area contributed by atoms with Crippen molar-refractivity contribution in [1.29, 1.82) is 0 Å². The van der Waals surface area contributed by atoms with Crippen LogP contribution in [0.2, 0.25) is 0 Å². The van der Waals surface area contributed by atoms with Gasteiger partial charge in [-0.1, -0.05) is 26.2 Å². The van der Waals surface area contributed by atoms with Gasteiger partial charge < -0.3 is 0 Å². The molecule has 120 valence electrons. The van der Waals surface area contributed by atoms with Gasteiger partial charge in [-0.05, 0) is 86.5 Å². The Morgan fingerprint density at radius 3 is 1.62 bits per heavy atom. The molecule has 3 rings (SSSR count). The lowest BCUT2D eigenvalue weighted by atomic mass is 9.63. The first-order chi connectivity index (χ1) is 10.2. The molecule has 3 aliphatic rings. The van der Waals surface area contributed by atoms with Crippen molar-refractivity contribution >= 4 is 0 Å². The molecule has 0 heterocycles. The zero-order chi connectivity index (χ0) is 14.8. The number of hydrogen-bond acceptors (Lipinski definition) is 0. The standard InChI is InChI=1S/C19H30F2/c1-2-13-3-5-14(6-4-13)15-7-9-16(10-8-15)17-11-18(12-17)19(20)21/h13-17H,2-12H2,1H3/t13-,14-,15?,16?. The van der Waals surface area contributed by atoms with E-state index < -0.39 is 6.08 Å². The fraction of sp³-hybridized carbons (Fsp3) is 0.895. The Hall–Kier alpha value is -0.400. The molecule has 0 aromatic heterocycles. The van der Waals surface area contributed by atoms with E-state index in [2.05, 4.69) is 6.92 Å². The van der Waals surface area contributed by atoms with Crippen molar-refractivity contribution in [2.24, 2.45) is 29.6 Å². The predicted octanol–water partition coefficient (Wildman–Crippen LogP) is 6.57. The van der Waals surface area contributed by atoms with Crippen LogP contribution in [-0.2, 0) is 0 Å². The van der Waals surface area contributed by atoms with Crippen LogP contribution in [0.5, 0.6) is 0 Å². The molecule has 3 fully saturated rings. The molecule has 0 aliphatic heterocycles. The molecular weight excluding hydrogens is 266 g/mol. The summed E-state index contributed by atoms with van der Waals surface area (Å²) < 4.78 is 24.9. The Balaban J connectivity index is 1.41. The molecule has 2 heteroatoms. The van der Waals surface area contributed by atoms with Crippen LogP contribution in [0.1, 0.15) is 77.6 Å². The zero-order valence-electron chi connectivity index (χ0n) is 13.4. The van der Waals surface area contributed by atoms with E-state index in [4.69, 9.17) is 0 Å². The average Bonchev–Trinajstić information content (AvgIpc) is 2.46. The van der Waals surface area contributed by atoms with Crippen LogP contribution in [-0.4, -0.2) is 0 Å². The van der Waals surface area contributed by atoms with Gasteiger partial charge in [-0.3, -0.25) is 0 Å². The summed E-state index contributed by atoms with van der Waals surface area (Å²) in [6.45, 7) is 2.33. The summed E-state index contributed by atoms with van der Waals surface area (Å²) in [4.78, 5) is 0. The highest BCUT2D eigenvalue weighted by molar-refractivity contribution is 5.14. The number of rotatable bonds is 3. The molecule has 0 aromatic rings. The summed E-state index contributed by atoms with van der Waals surface area (Å²) in [5.41, 5.74) is 0.444. The quantitative estimate of drug-likeness (QED) is 0.552. The summed E-state index contributed by atoms with van der Waals surface area (Å²) in [5, 5.41) is 0. The molecule has 3 aliphatic carbocycles. The fourth-order valence-electron chi connectivity index (χ4n) is 5.22. The van der Waals surface area contributed by atoms with Crippen LogP contribution >= 0.6 is 0 Å². The van der Waals surface area contributed by atoms with Crippen molar-refractivity contribution in [2.75, 3.05) is 0 Å². The summed E-state index contributed by atoms with van der Waals surface area (Å²) in [6, 6.07) is 0. The van der Waals surface area contributed by atoms with Crippen molar-refractivity contribution in [3.05, 3.63) is 11.7 Å². The fourth-order valence-corrected chi connectivity index (χ4v) is 5.22. The van der Waals surface area contributed by atoms with Crippen LogP contribution in [0.4, 0.5) is 8.78 Å². The molecule has 0 unspecified atom stereocenters. The second-order valence-electron chi connectivity index (χ2n) is 7.90. The molecule has 0 atom stereocenters. The van der Waals surface area contributed by atoms with Gasteiger partial charge in [-0.25, -0.2) is 0 Å². The van der Waals surface area contributed by atoms with Gasteiger partial charge >= 0.3 is 0 Å². The van der Waals surface area contributed by atoms with Crippen molar-refractivity contribution in [3.8, 4) is 0 Å². The Kier molecular flexibility index (Phi) is 5.01. The summed E-state index contributed by atoms with van der Waals surface area (Å²) in [6.07, 6.45) is 12.5. The van der Waals surface area contributed by atoms with E-state index in [1.807, 2.05) is 0 Å². The maximum atomic E-state index is 12.5. The molecule has 0 spiro atoms. The van der Waals surface area contributed by atoms with E-state index in [1.54, 1.807) is 0 Å². The lowest BCUT2D eigenvalue weighted by Crippen LogP contribution is -2.31. The minimum absolute atomic E-state index is 0.444. The number of hydrogen-bond donors (Lipinski definition) is 0. The van der Waals surface area contributed by atoms with E-state index in [1.165, 1.54) is 57.8 Å². The van der Waals surface area contributed by atoms with Gasteiger partial charge in [0.1, 0.15) is 0 Å². The molecule has 3 saturated carbocycles. The van der Waals surface area contributed by atoms with Crippen molar-refractivity contribution in [3.63, 3.8) is 0 Å². The topological polar surface area (TPSA) is 0 Å². The summed E-state index contributed by atoms with van der Waals surface area (Å²) in [5.74, 6) is 4.25. The van der Waals surface area contributed by atoms with E-state index in [0.717, 1.165) is 23.7 Å². The SMILES string of the molecule is CC[C@H]1CC[C@H](C2CCC(C3CC(=C(F)F)C3)CC2)CC1. The number of allylic oxidation sites excluding steroid dienone is 1. The third kappa shape index (κ3) is 3.51. The van der Waals surface area contributed by atoms with Gasteiger partial charge in [0.2, 0.25) is 0 Å². The monoisotopic (exact) mass is 296 g/mol. The minimum atomic E-state index is -1.40. The van der Waals surface area contributed by atoms with Gasteiger partial charge in [0.15, 0.2) is 0 Å². The highest BCUT2D eigenvalue weighted by Crippen LogP contribution is 2.49. The third-order valence-electron chi connectivity index (χ3n) is 6.90. The normalized spacial score (nSPS) is 40.7. The molecule has 0 nitrogen and oxygen atoms in total. The van der Waals surface area contributed by atoms with Crippen LogP contribution in [0, 0.1) is 29.6 Å². The van der Waals surface area contributed by atoms with Gasteiger partial charge in [0.25, 0.3) is 6.08 Å². The minimum Gasteiger partial charge on any atom is -0.173 e. The van der Waals surface area contributed by atoms with E-state index >= 15 is 0 Å². The lowest BCUT2D eigenvalue weighted by molar-refractivity contribution is 0.111. The van der Waals surface area contributed by atoms with E-state index in [-0.39, 0.29) is 0 Å². The first kappa shape index (κ1) is 15.5. The second-order valence-corrected chi connectivity index (χ2v) is 7.90. The van der Waals surface area contributed by atoms with Gasteiger partial charge in [0, 0.05) is 0 Å². The number of halogens is 2. The second kappa shape index (κ2) is 6.79. The molecule has 0 bridgehead atoms. The maximum Gasteiger partial charge on any atom is 0.269 e. The van der Waals surface area contributed by atoms with Gasteiger partial charge in [-0.2, -0.15) is 8.78 Å².